The van der Waals surface area contributed by atoms with Crippen LogP contribution in [0.25, 0.3) is 11.5 Å². The Hall–Kier alpha value is -3.09. The van der Waals surface area contributed by atoms with Gasteiger partial charge in [0.25, 0.3) is 5.22 Å². The lowest BCUT2D eigenvalue weighted by Gasteiger charge is -2.00. The fourth-order valence-corrected chi connectivity index (χ4v) is 2.73. The van der Waals surface area contributed by atoms with Crippen LogP contribution in [-0.4, -0.2) is 10.2 Å². The largest absolute Gasteiger partial charge is 0.411 e. The molecule has 0 aliphatic rings. The predicted molar refractivity (Wildman–Crippen MR) is 85.2 cm³/mol. The quantitative estimate of drug-likeness (QED) is 0.680. The molecule has 0 atom stereocenters. The molecule has 0 radical (unpaired) electrons. The fraction of sp³-hybridized carbons (Fsp3) is 0.0588. The molecular formula is C17H10N4OS. The van der Waals surface area contributed by atoms with Crippen LogP contribution in [0.5, 0.6) is 0 Å². The van der Waals surface area contributed by atoms with Gasteiger partial charge >= 0.3 is 0 Å². The maximum Gasteiger partial charge on any atom is 0.277 e. The SMILES string of the molecule is N#Cc1ccc(-c2nnc(SCc3ccccc3C#N)o2)cc1. The molecule has 0 N–H and O–H groups in total. The van der Waals surface area contributed by atoms with Crippen LogP contribution >= 0.6 is 11.8 Å². The van der Waals surface area contributed by atoms with E-state index in [0.717, 1.165) is 11.1 Å². The highest BCUT2D eigenvalue weighted by atomic mass is 32.2. The molecule has 0 unspecified atom stereocenters. The summed E-state index contributed by atoms with van der Waals surface area (Å²) < 4.78 is 5.61. The van der Waals surface area contributed by atoms with Crippen LogP contribution < -0.4 is 0 Å². The summed E-state index contributed by atoms with van der Waals surface area (Å²) in [5, 5.41) is 26.3. The fourth-order valence-electron chi connectivity index (χ4n) is 1.97. The van der Waals surface area contributed by atoms with E-state index in [9.17, 15) is 0 Å². The van der Waals surface area contributed by atoms with Crippen molar-refractivity contribution >= 4 is 11.8 Å². The van der Waals surface area contributed by atoms with Crippen molar-refractivity contribution in [2.75, 3.05) is 0 Å². The molecule has 6 heteroatoms. The maximum absolute atomic E-state index is 9.08. The molecule has 2 aromatic carbocycles. The zero-order valence-corrected chi connectivity index (χ0v) is 12.7. The van der Waals surface area contributed by atoms with Crippen molar-refractivity contribution in [3.05, 3.63) is 65.2 Å². The van der Waals surface area contributed by atoms with Gasteiger partial charge < -0.3 is 4.42 Å². The van der Waals surface area contributed by atoms with Crippen LogP contribution in [-0.2, 0) is 5.75 Å². The molecule has 0 aliphatic heterocycles. The smallest absolute Gasteiger partial charge is 0.277 e. The Balaban J connectivity index is 1.72. The Labute approximate surface area is 137 Å². The number of rotatable bonds is 4. The van der Waals surface area contributed by atoms with Crippen LogP contribution in [0, 0.1) is 22.7 Å². The molecule has 1 aromatic heterocycles. The summed E-state index contributed by atoms with van der Waals surface area (Å²) in [5.74, 6) is 0.990. The van der Waals surface area contributed by atoms with E-state index in [1.54, 1.807) is 30.3 Å². The van der Waals surface area contributed by atoms with Gasteiger partial charge in [0.2, 0.25) is 5.89 Å². The summed E-state index contributed by atoms with van der Waals surface area (Å²) in [6, 6.07) is 18.6. The third-order valence-electron chi connectivity index (χ3n) is 3.16. The number of nitriles is 2. The molecule has 0 amide bonds. The van der Waals surface area contributed by atoms with Gasteiger partial charge in [-0.2, -0.15) is 10.5 Å². The van der Waals surface area contributed by atoms with Crippen LogP contribution in [0.2, 0.25) is 0 Å². The average Bonchev–Trinajstić information content (AvgIpc) is 3.09. The first-order valence-corrected chi connectivity index (χ1v) is 7.73. The third-order valence-corrected chi connectivity index (χ3v) is 4.02. The number of aromatic nitrogens is 2. The molecule has 1 heterocycles. The number of benzene rings is 2. The Morgan fingerprint density at radius 1 is 0.957 bits per heavy atom. The molecule has 3 rings (SSSR count). The molecule has 3 aromatic rings. The number of nitrogens with zero attached hydrogens (tertiary/aromatic N) is 4. The van der Waals surface area contributed by atoms with Crippen molar-refractivity contribution in [3.63, 3.8) is 0 Å². The minimum absolute atomic E-state index is 0.408. The Morgan fingerprint density at radius 3 is 2.48 bits per heavy atom. The van der Waals surface area contributed by atoms with E-state index in [-0.39, 0.29) is 0 Å². The maximum atomic E-state index is 9.08. The van der Waals surface area contributed by atoms with Crippen LogP contribution in [0.1, 0.15) is 16.7 Å². The molecule has 110 valence electrons. The van der Waals surface area contributed by atoms with Gasteiger partial charge in [-0.3, -0.25) is 0 Å². The van der Waals surface area contributed by atoms with E-state index in [2.05, 4.69) is 22.3 Å². The van der Waals surface area contributed by atoms with Crippen molar-refractivity contribution in [1.82, 2.24) is 10.2 Å². The molecule has 0 aliphatic carbocycles. The summed E-state index contributed by atoms with van der Waals surface area (Å²) in [6.07, 6.45) is 0. The Bertz CT molecular complexity index is 903. The van der Waals surface area contributed by atoms with Gasteiger partial charge in [0.05, 0.1) is 23.3 Å². The summed E-state index contributed by atoms with van der Waals surface area (Å²) in [4.78, 5) is 0. The molecule has 0 bridgehead atoms. The highest BCUT2D eigenvalue weighted by Crippen LogP contribution is 2.26. The number of hydrogen-bond acceptors (Lipinski definition) is 6. The van der Waals surface area contributed by atoms with Gasteiger partial charge in [-0.1, -0.05) is 30.0 Å². The Morgan fingerprint density at radius 2 is 1.74 bits per heavy atom. The molecule has 0 spiro atoms. The van der Waals surface area contributed by atoms with Gasteiger partial charge in [0.15, 0.2) is 0 Å². The summed E-state index contributed by atoms with van der Waals surface area (Å²) in [5.41, 5.74) is 2.92. The van der Waals surface area contributed by atoms with Crippen molar-refractivity contribution in [2.45, 2.75) is 11.0 Å². The van der Waals surface area contributed by atoms with Crippen molar-refractivity contribution in [2.24, 2.45) is 0 Å². The topological polar surface area (TPSA) is 86.5 Å². The first-order chi connectivity index (χ1) is 11.3. The van der Waals surface area contributed by atoms with Gasteiger partial charge in [-0.25, -0.2) is 0 Å². The lowest BCUT2D eigenvalue weighted by molar-refractivity contribution is 0.466. The van der Waals surface area contributed by atoms with Crippen molar-refractivity contribution < 1.29 is 4.42 Å². The van der Waals surface area contributed by atoms with Gasteiger partial charge in [0.1, 0.15) is 0 Å². The van der Waals surface area contributed by atoms with Crippen LogP contribution in [0.3, 0.4) is 0 Å². The second-order valence-electron chi connectivity index (χ2n) is 4.62. The van der Waals surface area contributed by atoms with E-state index in [1.807, 2.05) is 18.2 Å². The molecule has 0 fully saturated rings. The minimum atomic E-state index is 0.408. The second-order valence-corrected chi connectivity index (χ2v) is 5.55. The van der Waals surface area contributed by atoms with Crippen molar-refractivity contribution in [1.29, 1.82) is 10.5 Å². The highest BCUT2D eigenvalue weighted by Gasteiger charge is 2.10. The molecule has 23 heavy (non-hydrogen) atoms. The van der Waals surface area contributed by atoms with Crippen LogP contribution in [0.4, 0.5) is 0 Å². The van der Waals surface area contributed by atoms with E-state index < -0.39 is 0 Å². The monoisotopic (exact) mass is 318 g/mol. The zero-order chi connectivity index (χ0) is 16.1. The van der Waals surface area contributed by atoms with Crippen LogP contribution in [0.15, 0.2) is 58.2 Å². The van der Waals surface area contributed by atoms with Gasteiger partial charge in [0, 0.05) is 11.3 Å². The van der Waals surface area contributed by atoms with E-state index in [0.29, 0.717) is 28.0 Å². The first-order valence-electron chi connectivity index (χ1n) is 6.75. The lowest BCUT2D eigenvalue weighted by Crippen LogP contribution is -1.86. The molecule has 5 nitrogen and oxygen atoms in total. The third kappa shape index (κ3) is 3.39. The van der Waals surface area contributed by atoms with E-state index in [1.165, 1.54) is 11.8 Å². The summed E-state index contributed by atoms with van der Waals surface area (Å²) in [6.45, 7) is 0. The predicted octanol–water partition coefficient (Wildman–Crippen LogP) is 3.77. The average molecular weight is 318 g/mol. The number of thioether (sulfide) groups is 1. The highest BCUT2D eigenvalue weighted by molar-refractivity contribution is 7.98. The summed E-state index contributed by atoms with van der Waals surface area (Å²) in [7, 11) is 0. The Kier molecular flexibility index (Phi) is 4.37. The molecule has 0 saturated carbocycles. The zero-order valence-electron chi connectivity index (χ0n) is 11.9. The lowest BCUT2D eigenvalue weighted by atomic mass is 10.1. The minimum Gasteiger partial charge on any atom is -0.411 e. The van der Waals surface area contributed by atoms with E-state index in [4.69, 9.17) is 14.9 Å². The molecular weight excluding hydrogens is 308 g/mol. The normalized spacial score (nSPS) is 10.0. The number of hydrogen-bond donors (Lipinski definition) is 0. The summed E-state index contributed by atoms with van der Waals surface area (Å²) >= 11 is 1.38. The van der Waals surface area contributed by atoms with Crippen molar-refractivity contribution in [3.8, 4) is 23.6 Å². The molecule has 0 saturated heterocycles. The standard InChI is InChI=1S/C17H10N4OS/c18-9-12-5-7-13(8-6-12)16-20-21-17(22-16)23-11-15-4-2-1-3-14(15)10-19/h1-8H,11H2. The van der Waals surface area contributed by atoms with Gasteiger partial charge in [-0.05, 0) is 35.9 Å². The van der Waals surface area contributed by atoms with Gasteiger partial charge in [-0.15, -0.1) is 10.2 Å². The second kappa shape index (κ2) is 6.78. The first kappa shape index (κ1) is 14.8. The van der Waals surface area contributed by atoms with E-state index >= 15 is 0 Å².